The highest BCUT2D eigenvalue weighted by Gasteiger charge is 2.37. The average Bonchev–Trinajstić information content (AvgIpc) is 2.67. The summed E-state index contributed by atoms with van der Waals surface area (Å²) in [7, 11) is -1.07. The Morgan fingerprint density at radius 2 is 2.50 bits per heavy atom. The van der Waals surface area contributed by atoms with E-state index in [1.807, 2.05) is 6.07 Å². The van der Waals surface area contributed by atoms with Crippen LogP contribution in [0.5, 0.6) is 5.75 Å². The van der Waals surface area contributed by atoms with Gasteiger partial charge in [0.25, 0.3) is 0 Å². The van der Waals surface area contributed by atoms with Crippen LogP contribution < -0.4 is 15.9 Å². The van der Waals surface area contributed by atoms with E-state index in [1.165, 1.54) is 6.92 Å². The number of aliphatic imine (C=N–C) groups is 1. The Labute approximate surface area is 105 Å². The lowest BCUT2D eigenvalue weighted by atomic mass is 9.78. The highest BCUT2D eigenvalue weighted by Crippen LogP contribution is 2.26. The first kappa shape index (κ1) is 12.8. The third-order valence-corrected chi connectivity index (χ3v) is 2.62. The molecule has 1 aliphatic heterocycles. The number of rotatable bonds is 3. The van der Waals surface area contributed by atoms with Crippen LogP contribution >= 0.6 is 0 Å². The summed E-state index contributed by atoms with van der Waals surface area (Å²) >= 11 is 0. The Hall–Kier alpha value is -1.70. The molecule has 0 saturated heterocycles. The van der Waals surface area contributed by atoms with Gasteiger partial charge in [0.15, 0.2) is 6.40 Å². The zero-order chi connectivity index (χ0) is 13.1. The molecule has 1 aromatic rings. The molecule has 1 unspecified atom stereocenters. The van der Waals surface area contributed by atoms with Gasteiger partial charge in [-0.25, -0.2) is 0 Å². The van der Waals surface area contributed by atoms with Crippen LogP contribution in [0.2, 0.25) is 0 Å². The molecule has 1 amide bonds. The van der Waals surface area contributed by atoms with Crippen LogP contribution in [0.1, 0.15) is 18.6 Å². The standard InChI is InChI=1S/C11H13BN2O4/c1-7(15)14-6-17-9-4-2-3-8-10(5-13)18-12(16)11(8)9/h2-4,6,10,16H,5,13H2,1H3/b14-6+. The van der Waals surface area contributed by atoms with E-state index >= 15 is 0 Å². The molecule has 1 heterocycles. The molecule has 1 aliphatic rings. The minimum Gasteiger partial charge on any atom is -0.446 e. The van der Waals surface area contributed by atoms with Crippen molar-refractivity contribution in [1.82, 2.24) is 0 Å². The third-order valence-electron chi connectivity index (χ3n) is 2.62. The Morgan fingerprint density at radius 3 is 3.17 bits per heavy atom. The monoisotopic (exact) mass is 248 g/mol. The normalized spacial score (nSPS) is 18.2. The number of fused-ring (bicyclic) bond motifs is 1. The van der Waals surface area contributed by atoms with Gasteiger partial charge in [0.05, 0.1) is 6.10 Å². The van der Waals surface area contributed by atoms with E-state index in [-0.39, 0.29) is 18.6 Å². The first-order chi connectivity index (χ1) is 8.63. The SMILES string of the molecule is CC(=O)/N=C/Oc1cccc2c1B(O)OC2CN. The Bertz CT molecular complexity index is 492. The van der Waals surface area contributed by atoms with E-state index in [4.69, 9.17) is 15.1 Å². The second-order valence-corrected chi connectivity index (χ2v) is 3.84. The molecule has 0 bridgehead atoms. The van der Waals surface area contributed by atoms with Gasteiger partial charge < -0.3 is 20.1 Å². The summed E-state index contributed by atoms with van der Waals surface area (Å²) in [6.07, 6.45) is 0.698. The smallest absolute Gasteiger partial charge is 0.446 e. The van der Waals surface area contributed by atoms with Gasteiger partial charge in [-0.15, -0.1) is 0 Å². The molecule has 3 N–H and O–H groups in total. The van der Waals surface area contributed by atoms with E-state index in [0.717, 1.165) is 12.0 Å². The number of nitrogens with two attached hydrogens (primary N) is 1. The number of amides is 1. The molecular formula is C11H13BN2O4. The molecule has 18 heavy (non-hydrogen) atoms. The second-order valence-electron chi connectivity index (χ2n) is 3.84. The van der Waals surface area contributed by atoms with Crippen molar-refractivity contribution in [3.05, 3.63) is 23.8 Å². The van der Waals surface area contributed by atoms with Crippen LogP contribution in [-0.2, 0) is 9.45 Å². The first-order valence-electron chi connectivity index (χ1n) is 5.49. The number of benzene rings is 1. The summed E-state index contributed by atoms with van der Waals surface area (Å²) in [5, 5.41) is 9.80. The number of carbonyl (C=O) groups is 1. The van der Waals surface area contributed by atoms with Crippen LogP contribution in [-0.4, -0.2) is 31.0 Å². The lowest BCUT2D eigenvalue weighted by molar-refractivity contribution is -0.115. The Morgan fingerprint density at radius 1 is 1.72 bits per heavy atom. The minimum atomic E-state index is -1.07. The molecule has 0 radical (unpaired) electrons. The Kier molecular flexibility index (Phi) is 3.76. The lowest BCUT2D eigenvalue weighted by Gasteiger charge is -2.08. The zero-order valence-electron chi connectivity index (χ0n) is 9.87. The van der Waals surface area contributed by atoms with Crippen molar-refractivity contribution in [1.29, 1.82) is 0 Å². The van der Waals surface area contributed by atoms with Gasteiger partial charge in [-0.05, 0) is 11.6 Å². The third kappa shape index (κ3) is 2.43. The van der Waals surface area contributed by atoms with Crippen molar-refractivity contribution in [3.63, 3.8) is 0 Å². The van der Waals surface area contributed by atoms with Crippen molar-refractivity contribution in [2.24, 2.45) is 10.7 Å². The minimum absolute atomic E-state index is 0.273. The number of carbonyl (C=O) groups excluding carboxylic acids is 1. The largest absolute Gasteiger partial charge is 0.495 e. The predicted octanol–water partition coefficient (Wildman–Crippen LogP) is -0.642. The summed E-state index contributed by atoms with van der Waals surface area (Å²) < 4.78 is 10.5. The summed E-state index contributed by atoms with van der Waals surface area (Å²) in [6, 6.07) is 5.24. The van der Waals surface area contributed by atoms with Gasteiger partial charge in [-0.3, -0.25) is 4.79 Å². The summed E-state index contributed by atoms with van der Waals surface area (Å²) in [4.78, 5) is 14.1. The summed E-state index contributed by atoms with van der Waals surface area (Å²) in [5.74, 6) is 0.0418. The van der Waals surface area contributed by atoms with Crippen LogP contribution in [0, 0.1) is 0 Å². The molecular weight excluding hydrogens is 235 g/mol. The number of hydrogen-bond donors (Lipinski definition) is 2. The van der Waals surface area contributed by atoms with E-state index in [9.17, 15) is 9.82 Å². The molecule has 0 fully saturated rings. The van der Waals surface area contributed by atoms with Gasteiger partial charge in [0.1, 0.15) is 5.75 Å². The van der Waals surface area contributed by atoms with Gasteiger partial charge in [0, 0.05) is 18.9 Å². The maximum Gasteiger partial charge on any atom is 0.495 e. The van der Waals surface area contributed by atoms with Crippen molar-refractivity contribution in [2.75, 3.05) is 6.54 Å². The molecule has 1 atom stereocenters. The molecule has 0 aliphatic carbocycles. The van der Waals surface area contributed by atoms with Gasteiger partial charge in [-0.2, -0.15) is 4.99 Å². The number of nitrogens with zero attached hydrogens (tertiary/aromatic N) is 1. The molecule has 1 aromatic carbocycles. The molecule has 2 rings (SSSR count). The summed E-state index contributed by atoms with van der Waals surface area (Å²) in [6.45, 7) is 1.59. The number of ether oxygens (including phenoxy) is 1. The fraction of sp³-hybridized carbons (Fsp3) is 0.273. The van der Waals surface area contributed by atoms with Crippen molar-refractivity contribution >= 4 is 24.9 Å². The average molecular weight is 248 g/mol. The van der Waals surface area contributed by atoms with Crippen LogP contribution in [0.3, 0.4) is 0 Å². The molecule has 0 saturated carbocycles. The molecule has 94 valence electrons. The highest BCUT2D eigenvalue weighted by atomic mass is 16.5. The van der Waals surface area contributed by atoms with Gasteiger partial charge >= 0.3 is 7.12 Å². The summed E-state index contributed by atoms with van der Waals surface area (Å²) in [5.41, 5.74) is 6.87. The van der Waals surface area contributed by atoms with Gasteiger partial charge in [0.2, 0.25) is 5.91 Å². The van der Waals surface area contributed by atoms with Crippen LogP contribution in [0.25, 0.3) is 0 Å². The van der Waals surface area contributed by atoms with Crippen LogP contribution in [0.15, 0.2) is 23.2 Å². The fourth-order valence-corrected chi connectivity index (χ4v) is 1.85. The van der Waals surface area contributed by atoms with E-state index in [1.54, 1.807) is 12.1 Å². The maximum atomic E-state index is 10.7. The lowest BCUT2D eigenvalue weighted by Crippen LogP contribution is -2.29. The maximum absolute atomic E-state index is 10.7. The van der Waals surface area contributed by atoms with Crippen LogP contribution in [0.4, 0.5) is 0 Å². The second kappa shape index (κ2) is 5.30. The van der Waals surface area contributed by atoms with Gasteiger partial charge in [-0.1, -0.05) is 12.1 Å². The molecule has 7 heteroatoms. The topological polar surface area (TPSA) is 94.1 Å². The van der Waals surface area contributed by atoms with Crippen molar-refractivity contribution in [3.8, 4) is 5.75 Å². The quantitative estimate of drug-likeness (QED) is 0.421. The molecule has 0 aromatic heterocycles. The van der Waals surface area contributed by atoms with E-state index in [0.29, 0.717) is 11.2 Å². The fourth-order valence-electron chi connectivity index (χ4n) is 1.85. The zero-order valence-corrected chi connectivity index (χ0v) is 9.87. The first-order valence-corrected chi connectivity index (χ1v) is 5.49. The number of hydrogen-bond acceptors (Lipinski definition) is 5. The van der Waals surface area contributed by atoms with E-state index in [2.05, 4.69) is 4.99 Å². The Balaban J connectivity index is 2.28. The van der Waals surface area contributed by atoms with Crippen molar-refractivity contribution < 1.29 is 19.2 Å². The highest BCUT2D eigenvalue weighted by molar-refractivity contribution is 6.63. The molecule has 0 spiro atoms. The molecule has 6 nitrogen and oxygen atoms in total. The van der Waals surface area contributed by atoms with E-state index < -0.39 is 7.12 Å². The predicted molar refractivity (Wildman–Crippen MR) is 66.7 cm³/mol. The van der Waals surface area contributed by atoms with Crippen molar-refractivity contribution in [2.45, 2.75) is 13.0 Å².